The van der Waals surface area contributed by atoms with Crippen molar-refractivity contribution in [3.05, 3.63) is 23.9 Å². The molecule has 120 valence electrons. The fraction of sp³-hybridized carbons (Fsp3) is 0.533. The van der Waals surface area contributed by atoms with Gasteiger partial charge in [0.05, 0.1) is 30.2 Å². The van der Waals surface area contributed by atoms with Gasteiger partial charge in [0.25, 0.3) is 5.91 Å². The van der Waals surface area contributed by atoms with Crippen molar-refractivity contribution in [2.45, 2.75) is 38.3 Å². The van der Waals surface area contributed by atoms with Gasteiger partial charge in [-0.05, 0) is 26.3 Å². The lowest BCUT2D eigenvalue weighted by atomic mass is 9.94. The number of ether oxygens (including phenoxy) is 2. The van der Waals surface area contributed by atoms with Crippen LogP contribution in [0.2, 0.25) is 0 Å². The molecular formula is C15H20N2O5. The SMILES string of the molecule is CC(C)Oc1ccc(C(=O)NC2(CC(=O)O)CCOC2)cn1. The average molecular weight is 308 g/mol. The maximum absolute atomic E-state index is 12.3. The Morgan fingerprint density at radius 1 is 1.50 bits per heavy atom. The second kappa shape index (κ2) is 6.74. The first-order chi connectivity index (χ1) is 10.4. The Kier molecular flexibility index (Phi) is 4.97. The van der Waals surface area contributed by atoms with Crippen LogP contribution >= 0.6 is 0 Å². The van der Waals surface area contributed by atoms with Gasteiger partial charge in [-0.1, -0.05) is 0 Å². The van der Waals surface area contributed by atoms with E-state index >= 15 is 0 Å². The molecular weight excluding hydrogens is 288 g/mol. The van der Waals surface area contributed by atoms with Crippen LogP contribution in [0.5, 0.6) is 5.88 Å². The zero-order valence-corrected chi connectivity index (χ0v) is 12.7. The molecule has 1 aromatic heterocycles. The number of hydrogen-bond donors (Lipinski definition) is 2. The first-order valence-electron chi connectivity index (χ1n) is 7.15. The minimum Gasteiger partial charge on any atom is -0.481 e. The van der Waals surface area contributed by atoms with Crippen LogP contribution in [0.15, 0.2) is 18.3 Å². The summed E-state index contributed by atoms with van der Waals surface area (Å²) in [4.78, 5) is 27.3. The van der Waals surface area contributed by atoms with Crippen LogP contribution in [0.1, 0.15) is 37.0 Å². The van der Waals surface area contributed by atoms with E-state index in [-0.39, 0.29) is 25.0 Å². The number of nitrogens with one attached hydrogen (secondary N) is 1. The van der Waals surface area contributed by atoms with Gasteiger partial charge < -0.3 is 19.9 Å². The Bertz CT molecular complexity index is 535. The van der Waals surface area contributed by atoms with E-state index in [1.54, 1.807) is 12.1 Å². The molecule has 1 amide bonds. The fourth-order valence-corrected chi connectivity index (χ4v) is 2.32. The number of carbonyl (C=O) groups is 2. The van der Waals surface area contributed by atoms with Crippen molar-refractivity contribution in [2.75, 3.05) is 13.2 Å². The van der Waals surface area contributed by atoms with E-state index < -0.39 is 11.5 Å². The number of carboxylic acids is 1. The second-order valence-corrected chi connectivity index (χ2v) is 5.66. The normalized spacial score (nSPS) is 20.9. The summed E-state index contributed by atoms with van der Waals surface area (Å²) in [5, 5.41) is 11.8. The molecule has 7 heteroatoms. The van der Waals surface area contributed by atoms with Crippen LogP contribution < -0.4 is 10.1 Å². The van der Waals surface area contributed by atoms with Crippen molar-refractivity contribution in [3.8, 4) is 5.88 Å². The van der Waals surface area contributed by atoms with Gasteiger partial charge in [-0.3, -0.25) is 9.59 Å². The standard InChI is InChI=1S/C15H20N2O5/c1-10(2)22-12-4-3-11(8-16-12)14(20)17-15(7-13(18)19)5-6-21-9-15/h3-4,8,10H,5-7,9H2,1-2H3,(H,17,20)(H,18,19). The third-order valence-corrected chi connectivity index (χ3v) is 3.33. The molecule has 0 aromatic carbocycles. The van der Waals surface area contributed by atoms with Crippen molar-refractivity contribution in [2.24, 2.45) is 0 Å². The van der Waals surface area contributed by atoms with E-state index in [9.17, 15) is 9.59 Å². The number of aliphatic carboxylic acids is 1. The van der Waals surface area contributed by atoms with E-state index in [1.165, 1.54) is 6.20 Å². The van der Waals surface area contributed by atoms with Crippen LogP contribution in [-0.2, 0) is 9.53 Å². The van der Waals surface area contributed by atoms with Gasteiger partial charge in [0.2, 0.25) is 5.88 Å². The summed E-state index contributed by atoms with van der Waals surface area (Å²) >= 11 is 0. The molecule has 0 radical (unpaired) electrons. The lowest BCUT2D eigenvalue weighted by molar-refractivity contribution is -0.138. The lowest BCUT2D eigenvalue weighted by Gasteiger charge is -2.26. The smallest absolute Gasteiger partial charge is 0.305 e. The summed E-state index contributed by atoms with van der Waals surface area (Å²) in [5.74, 6) is -0.893. The zero-order chi connectivity index (χ0) is 16.2. The third kappa shape index (κ3) is 4.17. The van der Waals surface area contributed by atoms with E-state index in [1.807, 2.05) is 13.8 Å². The van der Waals surface area contributed by atoms with Gasteiger partial charge in [-0.15, -0.1) is 0 Å². The number of aromatic nitrogens is 1. The number of carboxylic acid groups (broad SMARTS) is 1. The Balaban J connectivity index is 2.05. The second-order valence-electron chi connectivity index (χ2n) is 5.66. The summed E-state index contributed by atoms with van der Waals surface area (Å²) < 4.78 is 10.7. The molecule has 1 aliphatic rings. The quantitative estimate of drug-likeness (QED) is 0.820. The Labute approximate surface area is 128 Å². The summed E-state index contributed by atoms with van der Waals surface area (Å²) in [6.45, 7) is 4.41. The minimum atomic E-state index is -0.968. The monoisotopic (exact) mass is 308 g/mol. The number of rotatable bonds is 6. The van der Waals surface area contributed by atoms with Crippen LogP contribution in [0.3, 0.4) is 0 Å². The van der Waals surface area contributed by atoms with Crippen LogP contribution in [0, 0.1) is 0 Å². The molecule has 1 fully saturated rings. The highest BCUT2D eigenvalue weighted by atomic mass is 16.5. The molecule has 1 atom stereocenters. The number of pyridine rings is 1. The summed E-state index contributed by atoms with van der Waals surface area (Å²) in [6, 6.07) is 3.22. The molecule has 2 N–H and O–H groups in total. The van der Waals surface area contributed by atoms with Gasteiger partial charge in [-0.2, -0.15) is 0 Å². The number of amides is 1. The summed E-state index contributed by atoms with van der Waals surface area (Å²) in [6.07, 6.45) is 1.73. The number of carbonyl (C=O) groups excluding carboxylic acids is 1. The molecule has 0 bridgehead atoms. The molecule has 7 nitrogen and oxygen atoms in total. The van der Waals surface area contributed by atoms with Crippen molar-refractivity contribution in [1.29, 1.82) is 0 Å². The minimum absolute atomic E-state index is 0.00153. The van der Waals surface area contributed by atoms with Crippen LogP contribution in [-0.4, -0.2) is 46.8 Å². The number of hydrogen-bond acceptors (Lipinski definition) is 5. The number of nitrogens with zero attached hydrogens (tertiary/aromatic N) is 1. The van der Waals surface area contributed by atoms with Gasteiger partial charge in [-0.25, -0.2) is 4.98 Å². The van der Waals surface area contributed by atoms with Crippen molar-refractivity contribution in [3.63, 3.8) is 0 Å². The highest BCUT2D eigenvalue weighted by Gasteiger charge is 2.38. The molecule has 1 unspecified atom stereocenters. The van der Waals surface area contributed by atoms with Gasteiger partial charge in [0.1, 0.15) is 0 Å². The Morgan fingerprint density at radius 2 is 2.27 bits per heavy atom. The van der Waals surface area contributed by atoms with Crippen molar-refractivity contribution in [1.82, 2.24) is 10.3 Å². The topological polar surface area (TPSA) is 97.8 Å². The molecule has 1 saturated heterocycles. The van der Waals surface area contributed by atoms with Crippen molar-refractivity contribution < 1.29 is 24.2 Å². The fourth-order valence-electron chi connectivity index (χ4n) is 2.32. The molecule has 22 heavy (non-hydrogen) atoms. The molecule has 0 saturated carbocycles. The van der Waals surface area contributed by atoms with E-state index in [0.29, 0.717) is 24.5 Å². The van der Waals surface area contributed by atoms with Crippen LogP contribution in [0.4, 0.5) is 0 Å². The Hall–Kier alpha value is -2.15. The molecule has 1 aliphatic heterocycles. The van der Waals surface area contributed by atoms with E-state index in [4.69, 9.17) is 14.6 Å². The third-order valence-electron chi connectivity index (χ3n) is 3.33. The molecule has 2 rings (SSSR count). The highest BCUT2D eigenvalue weighted by Crippen LogP contribution is 2.23. The first-order valence-corrected chi connectivity index (χ1v) is 7.15. The summed E-state index contributed by atoms with van der Waals surface area (Å²) in [7, 11) is 0. The highest BCUT2D eigenvalue weighted by molar-refractivity contribution is 5.94. The maximum atomic E-state index is 12.3. The Morgan fingerprint density at radius 3 is 2.77 bits per heavy atom. The van der Waals surface area contributed by atoms with E-state index in [0.717, 1.165) is 0 Å². The molecule has 1 aromatic rings. The maximum Gasteiger partial charge on any atom is 0.305 e. The molecule has 2 heterocycles. The largest absolute Gasteiger partial charge is 0.481 e. The van der Waals surface area contributed by atoms with Gasteiger partial charge in [0.15, 0.2) is 0 Å². The molecule has 0 spiro atoms. The summed E-state index contributed by atoms with van der Waals surface area (Å²) in [5.41, 5.74) is -0.497. The van der Waals surface area contributed by atoms with Gasteiger partial charge in [0, 0.05) is 18.9 Å². The predicted molar refractivity (Wildman–Crippen MR) is 77.9 cm³/mol. The van der Waals surface area contributed by atoms with Gasteiger partial charge >= 0.3 is 5.97 Å². The lowest BCUT2D eigenvalue weighted by Crippen LogP contribution is -2.50. The van der Waals surface area contributed by atoms with E-state index in [2.05, 4.69) is 10.3 Å². The average Bonchev–Trinajstić information content (AvgIpc) is 2.86. The predicted octanol–water partition coefficient (Wildman–Crippen LogP) is 1.23. The van der Waals surface area contributed by atoms with Crippen LogP contribution in [0.25, 0.3) is 0 Å². The van der Waals surface area contributed by atoms with Crippen molar-refractivity contribution >= 4 is 11.9 Å². The first kappa shape index (κ1) is 16.2. The molecule has 0 aliphatic carbocycles. The zero-order valence-electron chi connectivity index (χ0n) is 12.7.